The Bertz CT molecular complexity index is 2040. The third kappa shape index (κ3) is 4.79. The molecule has 0 spiro atoms. The quantitative estimate of drug-likeness (QED) is 0.317. The summed E-state index contributed by atoms with van der Waals surface area (Å²) in [5.41, 5.74) is -0.00129. The number of phenolic OH excluding ortho intramolecular Hbond substituents is 1. The van der Waals surface area contributed by atoms with Crippen LogP contribution in [0.25, 0.3) is 28.0 Å². The van der Waals surface area contributed by atoms with Gasteiger partial charge in [0.1, 0.15) is 29.0 Å². The summed E-state index contributed by atoms with van der Waals surface area (Å²) in [5, 5.41) is 10.8. The Hall–Kier alpha value is -5.33. The van der Waals surface area contributed by atoms with Crippen LogP contribution in [0.3, 0.4) is 0 Å². The lowest BCUT2D eigenvalue weighted by atomic mass is 9.98. The van der Waals surface area contributed by atoms with E-state index in [-0.39, 0.29) is 47.3 Å². The van der Waals surface area contributed by atoms with Crippen molar-refractivity contribution < 1.29 is 28.2 Å². The third-order valence-electron chi connectivity index (χ3n) is 8.88. The Morgan fingerprint density at radius 1 is 1.11 bits per heavy atom. The fourth-order valence-corrected chi connectivity index (χ4v) is 6.63. The molecule has 13 heteroatoms. The first-order valence-electron chi connectivity index (χ1n) is 15.1. The number of amides is 2. The number of methoxy groups -OCH3 is 1. The van der Waals surface area contributed by atoms with Gasteiger partial charge < -0.3 is 24.5 Å². The number of hydrogen-bond donors (Lipinski definition) is 1. The number of carbonyl (C=O) groups excluding carboxylic acids is 2. The highest BCUT2D eigenvalue weighted by Gasteiger charge is 2.46. The van der Waals surface area contributed by atoms with Crippen LogP contribution in [0.2, 0.25) is 0 Å². The van der Waals surface area contributed by atoms with Crippen molar-refractivity contribution >= 4 is 34.2 Å². The number of rotatable bonds is 5. The number of halogens is 2. The number of anilines is 2. The number of ether oxygens (including phenoxy) is 1. The molecular weight excluding hydrogens is 610 g/mol. The van der Waals surface area contributed by atoms with E-state index in [0.717, 1.165) is 12.1 Å². The first-order valence-corrected chi connectivity index (χ1v) is 15.1. The summed E-state index contributed by atoms with van der Waals surface area (Å²) in [5.74, 6) is -3.08. The average molecular weight is 645 g/mol. The first-order chi connectivity index (χ1) is 22.3. The molecule has 2 aliphatic heterocycles. The zero-order valence-electron chi connectivity index (χ0n) is 26.8. The lowest BCUT2D eigenvalue weighted by Gasteiger charge is -2.49. The van der Waals surface area contributed by atoms with Gasteiger partial charge in [-0.05, 0) is 49.6 Å². The van der Waals surface area contributed by atoms with Gasteiger partial charge in [0.2, 0.25) is 11.8 Å². The topological polar surface area (TPSA) is 121 Å². The van der Waals surface area contributed by atoms with E-state index in [1.807, 2.05) is 20.8 Å². The van der Waals surface area contributed by atoms with Crippen LogP contribution in [0.5, 0.6) is 11.6 Å². The van der Waals surface area contributed by atoms with Crippen LogP contribution < -0.4 is 20.1 Å². The van der Waals surface area contributed by atoms with Crippen molar-refractivity contribution in [1.82, 2.24) is 19.4 Å². The molecule has 1 N–H and O–H groups in total. The van der Waals surface area contributed by atoms with Gasteiger partial charge in [-0.2, -0.15) is 0 Å². The number of aryl methyl sites for hydroxylation is 1. The maximum absolute atomic E-state index is 16.2. The molecule has 11 nitrogen and oxygen atoms in total. The standard InChI is InChI=1S/C34H34F2N6O5/c1-8-25(44)40-15-22-33(45)39(6)31-30(41(22)14-18(40)5)19-13-21(36)28(26-20(35)10-9-11-23(26)43)38-32(19)42(34(31)46)29-17(4)12-24(47-7)37-27(29)16(2)3/h8-13,16,18,22,43H,1,14-15H2,2-7H3/t18-,22-/m1/s1. The molecule has 1 fully saturated rings. The van der Waals surface area contributed by atoms with E-state index in [0.29, 0.717) is 22.8 Å². The Morgan fingerprint density at radius 2 is 1.83 bits per heavy atom. The first kappa shape index (κ1) is 31.6. The van der Waals surface area contributed by atoms with Gasteiger partial charge in [0.15, 0.2) is 11.5 Å². The van der Waals surface area contributed by atoms with Crippen molar-refractivity contribution in [3.05, 3.63) is 76.2 Å². The van der Waals surface area contributed by atoms with Crippen LogP contribution in [0.1, 0.15) is 37.9 Å². The molecule has 0 unspecified atom stereocenters. The number of aromatic hydroxyl groups is 1. The SMILES string of the molecule is C=CC(=O)N1C[C@@H]2C(=O)N(C)c3c(c4cc(F)c(-c5c(O)cccc5F)nc4n(-c4c(C)cc(OC)nc4C(C)C)c3=O)N2C[C@H]1C. The summed E-state index contributed by atoms with van der Waals surface area (Å²) >= 11 is 0. The Morgan fingerprint density at radius 3 is 2.47 bits per heavy atom. The average Bonchev–Trinajstić information content (AvgIpc) is 3.03. The highest BCUT2D eigenvalue weighted by molar-refractivity contribution is 6.12. The van der Waals surface area contributed by atoms with E-state index in [1.54, 1.807) is 17.9 Å². The van der Waals surface area contributed by atoms with E-state index < -0.39 is 52.2 Å². The molecule has 47 heavy (non-hydrogen) atoms. The van der Waals surface area contributed by atoms with Gasteiger partial charge >= 0.3 is 0 Å². The van der Waals surface area contributed by atoms with E-state index in [1.165, 1.54) is 46.7 Å². The van der Waals surface area contributed by atoms with E-state index >= 15 is 8.78 Å². The molecule has 2 amide bonds. The molecule has 0 aliphatic carbocycles. The maximum Gasteiger partial charge on any atom is 0.283 e. The van der Waals surface area contributed by atoms with Gasteiger partial charge in [0, 0.05) is 31.1 Å². The zero-order valence-corrected chi connectivity index (χ0v) is 26.8. The number of benzene rings is 1. The molecule has 0 saturated carbocycles. The van der Waals surface area contributed by atoms with Gasteiger partial charge in [0.05, 0.1) is 36.3 Å². The number of carbonyl (C=O) groups is 2. The lowest BCUT2D eigenvalue weighted by molar-refractivity contribution is -0.130. The number of phenols is 1. The molecular formula is C34H34F2N6O5. The molecule has 2 atom stereocenters. The summed E-state index contributed by atoms with van der Waals surface area (Å²) in [6, 6.07) is 5.08. The second-order valence-corrected chi connectivity index (χ2v) is 12.1. The van der Waals surface area contributed by atoms with Crippen LogP contribution in [0.15, 0.2) is 47.8 Å². The van der Waals surface area contributed by atoms with E-state index in [9.17, 15) is 19.5 Å². The minimum Gasteiger partial charge on any atom is -0.507 e. The van der Waals surface area contributed by atoms with E-state index in [4.69, 9.17) is 4.74 Å². The van der Waals surface area contributed by atoms with Crippen molar-refractivity contribution in [2.24, 2.45) is 0 Å². The van der Waals surface area contributed by atoms with Crippen LogP contribution in [0.4, 0.5) is 20.2 Å². The largest absolute Gasteiger partial charge is 0.507 e. The molecule has 6 rings (SSSR count). The summed E-state index contributed by atoms with van der Waals surface area (Å²) in [6.45, 7) is 11.1. The number of likely N-dealkylation sites (N-methyl/N-ethyl adjacent to an activating group) is 1. The predicted molar refractivity (Wildman–Crippen MR) is 173 cm³/mol. The molecule has 5 heterocycles. The smallest absolute Gasteiger partial charge is 0.283 e. The Kier molecular flexibility index (Phi) is 7.73. The zero-order chi connectivity index (χ0) is 34.1. The molecule has 0 bridgehead atoms. The molecule has 2 aliphatic rings. The summed E-state index contributed by atoms with van der Waals surface area (Å²) in [7, 11) is 2.94. The number of pyridine rings is 3. The van der Waals surface area contributed by atoms with Gasteiger partial charge in [0.25, 0.3) is 11.5 Å². The predicted octanol–water partition coefficient (Wildman–Crippen LogP) is 4.44. The van der Waals surface area contributed by atoms with Gasteiger partial charge in [-0.25, -0.2) is 18.7 Å². The number of hydrogen-bond acceptors (Lipinski definition) is 8. The normalized spacial score (nSPS) is 17.6. The summed E-state index contributed by atoms with van der Waals surface area (Å²) in [4.78, 5) is 55.1. The fraction of sp³-hybridized carbons (Fsp3) is 0.324. The molecule has 3 aromatic heterocycles. The molecule has 4 aromatic rings. The highest BCUT2D eigenvalue weighted by Crippen LogP contribution is 2.44. The van der Waals surface area contributed by atoms with Crippen molar-refractivity contribution in [1.29, 1.82) is 0 Å². The van der Waals surface area contributed by atoms with E-state index in [2.05, 4.69) is 16.5 Å². The van der Waals surface area contributed by atoms with Gasteiger partial charge in [-0.1, -0.05) is 26.5 Å². The van der Waals surface area contributed by atoms with Crippen LogP contribution in [-0.4, -0.2) is 75.7 Å². The number of nitrogens with zero attached hydrogens (tertiary/aromatic N) is 6. The molecule has 0 radical (unpaired) electrons. The van der Waals surface area contributed by atoms with Crippen LogP contribution in [0, 0.1) is 18.6 Å². The minimum absolute atomic E-state index is 0.00924. The number of fused-ring (bicyclic) bond motifs is 5. The number of piperazine rings is 1. The molecule has 1 aromatic carbocycles. The van der Waals surface area contributed by atoms with Gasteiger partial charge in [-0.15, -0.1) is 0 Å². The lowest BCUT2D eigenvalue weighted by Crippen LogP contribution is -2.66. The summed E-state index contributed by atoms with van der Waals surface area (Å²) in [6.07, 6.45) is 1.18. The monoisotopic (exact) mass is 644 g/mol. The highest BCUT2D eigenvalue weighted by atomic mass is 19.1. The second-order valence-electron chi connectivity index (χ2n) is 12.1. The maximum atomic E-state index is 16.2. The minimum atomic E-state index is -0.955. The van der Waals surface area contributed by atoms with Crippen molar-refractivity contribution in [3.63, 3.8) is 0 Å². The van der Waals surface area contributed by atoms with Crippen molar-refractivity contribution in [2.45, 2.75) is 45.7 Å². The summed E-state index contributed by atoms with van der Waals surface area (Å²) < 4.78 is 38.1. The van der Waals surface area contributed by atoms with Crippen molar-refractivity contribution in [2.75, 3.05) is 37.0 Å². The third-order valence-corrected chi connectivity index (χ3v) is 8.88. The van der Waals surface area contributed by atoms with Gasteiger partial charge in [-0.3, -0.25) is 19.0 Å². The molecule has 244 valence electrons. The fourth-order valence-electron chi connectivity index (χ4n) is 6.63. The molecule has 1 saturated heterocycles. The Labute approximate surface area is 269 Å². The van der Waals surface area contributed by atoms with Crippen LogP contribution in [-0.2, 0) is 9.59 Å². The van der Waals surface area contributed by atoms with Crippen LogP contribution >= 0.6 is 0 Å². The Balaban J connectivity index is 1.77. The number of aromatic nitrogens is 3. The van der Waals surface area contributed by atoms with Crippen molar-refractivity contribution in [3.8, 4) is 28.6 Å². The second kappa shape index (κ2) is 11.5.